The summed E-state index contributed by atoms with van der Waals surface area (Å²) in [6.45, 7) is 2.39. The summed E-state index contributed by atoms with van der Waals surface area (Å²) in [5, 5.41) is 13.4. The van der Waals surface area contributed by atoms with E-state index in [1.54, 1.807) is 30.3 Å². The van der Waals surface area contributed by atoms with Crippen molar-refractivity contribution in [1.29, 1.82) is 0 Å². The van der Waals surface area contributed by atoms with E-state index in [-0.39, 0.29) is 11.7 Å². The molecule has 6 nitrogen and oxygen atoms in total. The standard InChI is InChI=1S/C28H22N2O4/c1-18-10-13-26-24(14-18)30-28(34-26)23-12-11-21(16-25(23)31)29-27(32)20-8-5-9-22(15-20)33-17-19-6-3-2-4-7-19/h2-16,31H,17H2,1H3,(H,29,32). The first-order valence-electron chi connectivity index (χ1n) is 10.8. The number of amides is 1. The van der Waals surface area contributed by atoms with Gasteiger partial charge in [0.25, 0.3) is 5.91 Å². The van der Waals surface area contributed by atoms with Crippen molar-refractivity contribution in [2.75, 3.05) is 5.32 Å². The van der Waals surface area contributed by atoms with Crippen molar-refractivity contribution in [1.82, 2.24) is 4.98 Å². The minimum atomic E-state index is -0.311. The minimum absolute atomic E-state index is 0.0407. The third kappa shape index (κ3) is 4.61. The topological polar surface area (TPSA) is 84.6 Å². The summed E-state index contributed by atoms with van der Waals surface area (Å²) in [6.07, 6.45) is 0. The van der Waals surface area contributed by atoms with Gasteiger partial charge in [0.1, 0.15) is 23.6 Å². The largest absolute Gasteiger partial charge is 0.507 e. The van der Waals surface area contributed by atoms with Crippen molar-refractivity contribution < 1.29 is 19.1 Å². The number of carbonyl (C=O) groups excluding carboxylic acids is 1. The molecule has 0 fully saturated rings. The van der Waals surface area contributed by atoms with Crippen LogP contribution in [0.1, 0.15) is 21.5 Å². The number of aromatic nitrogens is 1. The number of rotatable bonds is 6. The fourth-order valence-corrected chi connectivity index (χ4v) is 3.61. The van der Waals surface area contributed by atoms with Gasteiger partial charge in [-0.2, -0.15) is 0 Å². The van der Waals surface area contributed by atoms with Crippen molar-refractivity contribution >= 4 is 22.7 Å². The summed E-state index contributed by atoms with van der Waals surface area (Å²) in [7, 11) is 0. The van der Waals surface area contributed by atoms with E-state index < -0.39 is 0 Å². The second-order valence-electron chi connectivity index (χ2n) is 7.98. The molecule has 0 aliphatic heterocycles. The number of hydrogen-bond donors (Lipinski definition) is 2. The van der Waals surface area contributed by atoms with E-state index in [4.69, 9.17) is 9.15 Å². The minimum Gasteiger partial charge on any atom is -0.507 e. The molecule has 168 valence electrons. The van der Waals surface area contributed by atoms with Crippen LogP contribution in [0.25, 0.3) is 22.6 Å². The zero-order valence-corrected chi connectivity index (χ0v) is 18.5. The average molecular weight is 450 g/mol. The van der Waals surface area contributed by atoms with Gasteiger partial charge in [-0.3, -0.25) is 4.79 Å². The quantitative estimate of drug-likeness (QED) is 0.315. The van der Waals surface area contributed by atoms with E-state index in [1.807, 2.05) is 61.5 Å². The maximum atomic E-state index is 12.8. The lowest BCUT2D eigenvalue weighted by molar-refractivity contribution is 0.102. The van der Waals surface area contributed by atoms with Crippen LogP contribution < -0.4 is 10.1 Å². The van der Waals surface area contributed by atoms with Crippen molar-refractivity contribution in [3.8, 4) is 23.0 Å². The van der Waals surface area contributed by atoms with Crippen LogP contribution in [0.15, 0.2) is 95.4 Å². The zero-order chi connectivity index (χ0) is 23.5. The van der Waals surface area contributed by atoms with Crippen LogP contribution >= 0.6 is 0 Å². The van der Waals surface area contributed by atoms with Crippen LogP contribution in [0.3, 0.4) is 0 Å². The summed E-state index contributed by atoms with van der Waals surface area (Å²) in [5.41, 5.74) is 4.83. The Morgan fingerprint density at radius 3 is 2.65 bits per heavy atom. The number of phenols is 1. The van der Waals surface area contributed by atoms with Crippen LogP contribution in [-0.4, -0.2) is 16.0 Å². The Morgan fingerprint density at radius 1 is 0.971 bits per heavy atom. The molecule has 0 radical (unpaired) electrons. The molecule has 0 saturated carbocycles. The fraction of sp³-hybridized carbons (Fsp3) is 0.0714. The van der Waals surface area contributed by atoms with Crippen LogP contribution in [0, 0.1) is 6.92 Å². The monoisotopic (exact) mass is 450 g/mol. The number of oxazole rings is 1. The number of fused-ring (bicyclic) bond motifs is 1. The average Bonchev–Trinajstić information content (AvgIpc) is 3.26. The van der Waals surface area contributed by atoms with Gasteiger partial charge < -0.3 is 19.6 Å². The highest BCUT2D eigenvalue weighted by atomic mass is 16.5. The van der Waals surface area contributed by atoms with Crippen LogP contribution in [0.5, 0.6) is 11.5 Å². The molecule has 0 spiro atoms. The van der Waals surface area contributed by atoms with Gasteiger partial charge in [-0.15, -0.1) is 0 Å². The van der Waals surface area contributed by atoms with E-state index >= 15 is 0 Å². The Bertz CT molecular complexity index is 1470. The first-order chi connectivity index (χ1) is 16.5. The molecule has 0 saturated heterocycles. The van der Waals surface area contributed by atoms with Crippen molar-refractivity contribution in [3.05, 3.63) is 108 Å². The van der Waals surface area contributed by atoms with Crippen LogP contribution in [0.4, 0.5) is 5.69 Å². The highest BCUT2D eigenvalue weighted by molar-refractivity contribution is 6.04. The predicted molar refractivity (Wildman–Crippen MR) is 131 cm³/mol. The number of benzene rings is 4. The molecule has 0 aliphatic carbocycles. The third-order valence-electron chi connectivity index (χ3n) is 5.37. The highest BCUT2D eigenvalue weighted by Gasteiger charge is 2.14. The van der Waals surface area contributed by atoms with Gasteiger partial charge in [0.15, 0.2) is 5.58 Å². The van der Waals surface area contributed by atoms with Crippen molar-refractivity contribution in [2.45, 2.75) is 13.5 Å². The lowest BCUT2D eigenvalue weighted by atomic mass is 10.1. The highest BCUT2D eigenvalue weighted by Crippen LogP contribution is 2.33. The molecule has 1 heterocycles. The van der Waals surface area contributed by atoms with Gasteiger partial charge in [-0.05, 0) is 60.5 Å². The zero-order valence-electron chi connectivity index (χ0n) is 18.5. The molecule has 1 aromatic heterocycles. The molecule has 0 bridgehead atoms. The second-order valence-corrected chi connectivity index (χ2v) is 7.98. The molecular formula is C28H22N2O4. The molecule has 4 aromatic carbocycles. The number of nitrogens with one attached hydrogen (secondary N) is 1. The number of hydrogen-bond acceptors (Lipinski definition) is 5. The summed E-state index contributed by atoms with van der Waals surface area (Å²) < 4.78 is 11.6. The number of aryl methyl sites for hydroxylation is 1. The first kappa shape index (κ1) is 21.3. The first-order valence-corrected chi connectivity index (χ1v) is 10.8. The van der Waals surface area contributed by atoms with Crippen molar-refractivity contribution in [3.63, 3.8) is 0 Å². The Hall–Kier alpha value is -4.58. The van der Waals surface area contributed by atoms with E-state index in [0.717, 1.165) is 16.6 Å². The van der Waals surface area contributed by atoms with E-state index in [1.165, 1.54) is 6.07 Å². The maximum absolute atomic E-state index is 12.8. The van der Waals surface area contributed by atoms with Crippen LogP contribution in [0.2, 0.25) is 0 Å². The number of nitrogens with zero attached hydrogens (tertiary/aromatic N) is 1. The van der Waals surface area contributed by atoms with E-state index in [0.29, 0.717) is 40.6 Å². The molecule has 6 heteroatoms. The van der Waals surface area contributed by atoms with Gasteiger partial charge in [0.05, 0.1) is 5.56 Å². The summed E-state index contributed by atoms with van der Waals surface area (Å²) >= 11 is 0. The van der Waals surface area contributed by atoms with Gasteiger partial charge >= 0.3 is 0 Å². The Labute approximate surface area is 196 Å². The van der Waals surface area contributed by atoms with Gasteiger partial charge in [-0.1, -0.05) is 42.5 Å². The van der Waals surface area contributed by atoms with Gasteiger partial charge in [-0.25, -0.2) is 4.98 Å². The third-order valence-corrected chi connectivity index (χ3v) is 5.37. The van der Waals surface area contributed by atoms with E-state index in [9.17, 15) is 9.90 Å². The van der Waals surface area contributed by atoms with Gasteiger partial charge in [0.2, 0.25) is 5.89 Å². The molecular weight excluding hydrogens is 428 g/mol. The van der Waals surface area contributed by atoms with E-state index in [2.05, 4.69) is 10.3 Å². The lowest BCUT2D eigenvalue weighted by Crippen LogP contribution is -2.12. The predicted octanol–water partition coefficient (Wildman–Crippen LogP) is 6.34. The molecule has 34 heavy (non-hydrogen) atoms. The summed E-state index contributed by atoms with van der Waals surface area (Å²) in [6, 6.07) is 27.3. The summed E-state index contributed by atoms with van der Waals surface area (Å²) in [5.74, 6) is 0.566. The molecule has 5 aromatic rings. The number of phenolic OH excluding ortho intramolecular Hbond substituents is 1. The smallest absolute Gasteiger partial charge is 0.255 e. The maximum Gasteiger partial charge on any atom is 0.255 e. The number of carbonyl (C=O) groups is 1. The molecule has 0 aliphatic rings. The number of anilines is 1. The molecule has 2 N–H and O–H groups in total. The molecule has 0 unspecified atom stereocenters. The van der Waals surface area contributed by atoms with Crippen molar-refractivity contribution in [2.24, 2.45) is 0 Å². The molecule has 5 rings (SSSR count). The SMILES string of the molecule is Cc1ccc2oc(-c3ccc(NC(=O)c4cccc(OCc5ccccc5)c4)cc3O)nc2c1. The Kier molecular flexibility index (Phi) is 5.70. The Morgan fingerprint density at radius 2 is 1.82 bits per heavy atom. The van der Waals surface area contributed by atoms with Crippen LogP contribution in [-0.2, 0) is 6.61 Å². The second kappa shape index (κ2) is 9.11. The van der Waals surface area contributed by atoms with Gasteiger partial charge in [0, 0.05) is 17.3 Å². The number of ether oxygens (including phenoxy) is 1. The molecule has 0 atom stereocenters. The normalized spacial score (nSPS) is 10.9. The number of aromatic hydroxyl groups is 1. The summed E-state index contributed by atoms with van der Waals surface area (Å²) in [4.78, 5) is 17.2. The Balaban J connectivity index is 1.29. The molecule has 1 amide bonds. The lowest BCUT2D eigenvalue weighted by Gasteiger charge is -2.10. The fourth-order valence-electron chi connectivity index (χ4n) is 3.61.